The first-order chi connectivity index (χ1) is 14.6. The third-order valence-electron chi connectivity index (χ3n) is 5.89. The number of phenols is 1. The number of halogens is 3. The van der Waals surface area contributed by atoms with Crippen LogP contribution in [-0.2, 0) is 6.42 Å². The summed E-state index contributed by atoms with van der Waals surface area (Å²) in [6, 6.07) is 6.61. The minimum absolute atomic E-state index is 0.0222. The van der Waals surface area contributed by atoms with Crippen LogP contribution in [0, 0.1) is 11.6 Å². The van der Waals surface area contributed by atoms with Gasteiger partial charge in [-0.25, -0.2) is 13.2 Å². The van der Waals surface area contributed by atoms with Crippen LogP contribution in [0.1, 0.15) is 56.1 Å². The lowest BCUT2D eigenvalue weighted by atomic mass is 9.87. The van der Waals surface area contributed by atoms with Gasteiger partial charge in [0.25, 0.3) is 0 Å². The second-order valence-corrected chi connectivity index (χ2v) is 8.99. The van der Waals surface area contributed by atoms with Gasteiger partial charge >= 0.3 is 0 Å². The zero-order valence-electron chi connectivity index (χ0n) is 18.1. The summed E-state index contributed by atoms with van der Waals surface area (Å²) in [7, 11) is 0. The number of nitrogens with one attached hydrogen (secondary N) is 1. The van der Waals surface area contributed by atoms with Gasteiger partial charge in [0.05, 0.1) is 6.04 Å². The highest BCUT2D eigenvalue weighted by atomic mass is 19.1. The van der Waals surface area contributed by atoms with Crippen LogP contribution in [0.4, 0.5) is 13.2 Å². The van der Waals surface area contributed by atoms with Crippen molar-refractivity contribution >= 4 is 17.0 Å². The monoisotopic (exact) mass is 428 g/mol. The van der Waals surface area contributed by atoms with E-state index >= 15 is 8.78 Å². The summed E-state index contributed by atoms with van der Waals surface area (Å²) in [6.07, 6.45) is 3.93. The van der Waals surface area contributed by atoms with Gasteiger partial charge in [-0.2, -0.15) is 0 Å². The van der Waals surface area contributed by atoms with E-state index in [1.807, 2.05) is 11.8 Å². The van der Waals surface area contributed by atoms with E-state index in [-0.39, 0.29) is 23.9 Å². The molecule has 2 heterocycles. The normalized spacial score (nSPS) is 20.0. The molecule has 0 unspecified atom stereocenters. The molecule has 0 radical (unpaired) electrons. The SMILES string of the molecule is C/C=C/c1cc(F)c([C@@H]2c3[nH]c4ccc(O)cc4c3C[C@@H](C)N2CC(C)(C)F)c(F)c1. The molecule has 3 nitrogen and oxygen atoms in total. The van der Waals surface area contributed by atoms with E-state index in [0.717, 1.165) is 16.5 Å². The molecule has 0 saturated carbocycles. The molecule has 31 heavy (non-hydrogen) atoms. The highest BCUT2D eigenvalue weighted by Gasteiger charge is 2.40. The Hall–Kier alpha value is -2.73. The highest BCUT2D eigenvalue weighted by molar-refractivity contribution is 5.86. The largest absolute Gasteiger partial charge is 0.508 e. The third kappa shape index (κ3) is 3.97. The molecule has 0 fully saturated rings. The quantitative estimate of drug-likeness (QED) is 0.514. The predicted molar refractivity (Wildman–Crippen MR) is 118 cm³/mol. The number of phenolic OH excluding ortho intramolecular Hbond substituents is 1. The maximum Gasteiger partial charge on any atom is 0.131 e. The maximum atomic E-state index is 15.3. The van der Waals surface area contributed by atoms with Gasteiger partial charge in [-0.05, 0) is 75.6 Å². The third-order valence-corrected chi connectivity index (χ3v) is 5.89. The molecule has 2 atom stereocenters. The smallest absolute Gasteiger partial charge is 0.131 e. The fourth-order valence-electron chi connectivity index (χ4n) is 4.69. The number of fused-ring (bicyclic) bond motifs is 3. The summed E-state index contributed by atoms with van der Waals surface area (Å²) >= 11 is 0. The molecule has 0 bridgehead atoms. The molecule has 2 N–H and O–H groups in total. The fraction of sp³-hybridized carbons (Fsp3) is 0.360. The minimum Gasteiger partial charge on any atom is -0.508 e. The van der Waals surface area contributed by atoms with Gasteiger partial charge in [0, 0.05) is 34.7 Å². The molecule has 0 spiro atoms. The summed E-state index contributed by atoms with van der Waals surface area (Å²) in [5.41, 5.74) is 1.09. The van der Waals surface area contributed by atoms with Crippen molar-refractivity contribution in [2.75, 3.05) is 6.54 Å². The van der Waals surface area contributed by atoms with Gasteiger partial charge in [0.15, 0.2) is 0 Å². The topological polar surface area (TPSA) is 39.3 Å². The Bertz CT molecular complexity index is 1140. The Kier molecular flexibility index (Phi) is 5.38. The van der Waals surface area contributed by atoms with Crippen molar-refractivity contribution in [3.8, 4) is 5.75 Å². The van der Waals surface area contributed by atoms with E-state index in [9.17, 15) is 9.50 Å². The molecule has 0 aliphatic carbocycles. The Labute approximate surface area is 180 Å². The van der Waals surface area contributed by atoms with Crippen LogP contribution in [0.2, 0.25) is 0 Å². The minimum atomic E-state index is -1.55. The van der Waals surface area contributed by atoms with Crippen LogP contribution in [0.25, 0.3) is 17.0 Å². The number of benzene rings is 2. The van der Waals surface area contributed by atoms with E-state index < -0.39 is 23.3 Å². The number of aromatic amines is 1. The van der Waals surface area contributed by atoms with Crippen LogP contribution in [-0.4, -0.2) is 33.2 Å². The Morgan fingerprint density at radius 2 is 1.87 bits per heavy atom. The van der Waals surface area contributed by atoms with E-state index in [0.29, 0.717) is 17.7 Å². The van der Waals surface area contributed by atoms with Crippen molar-refractivity contribution in [1.29, 1.82) is 0 Å². The molecule has 0 saturated heterocycles. The summed E-state index contributed by atoms with van der Waals surface area (Å²) in [5.74, 6) is -1.21. The zero-order chi connectivity index (χ0) is 22.5. The molecule has 1 aliphatic heterocycles. The number of nitrogens with zero attached hydrogens (tertiary/aromatic N) is 1. The molecule has 2 aromatic carbocycles. The molecule has 6 heteroatoms. The van der Waals surface area contributed by atoms with Crippen molar-refractivity contribution in [2.45, 2.75) is 51.9 Å². The lowest BCUT2D eigenvalue weighted by Gasteiger charge is -2.43. The Morgan fingerprint density at radius 1 is 1.19 bits per heavy atom. The van der Waals surface area contributed by atoms with E-state index in [1.165, 1.54) is 26.0 Å². The molecule has 1 aliphatic rings. The van der Waals surface area contributed by atoms with Crippen molar-refractivity contribution in [3.05, 3.63) is 70.4 Å². The van der Waals surface area contributed by atoms with Crippen LogP contribution in [0.15, 0.2) is 36.4 Å². The fourth-order valence-corrected chi connectivity index (χ4v) is 4.69. The van der Waals surface area contributed by atoms with Crippen molar-refractivity contribution < 1.29 is 18.3 Å². The molecular formula is C25H27F3N2O. The molecular weight excluding hydrogens is 401 g/mol. The van der Waals surface area contributed by atoms with Crippen molar-refractivity contribution in [1.82, 2.24) is 9.88 Å². The number of hydrogen-bond acceptors (Lipinski definition) is 2. The van der Waals surface area contributed by atoms with Gasteiger partial charge in [0.2, 0.25) is 0 Å². The Balaban J connectivity index is 1.97. The molecule has 164 valence electrons. The van der Waals surface area contributed by atoms with Crippen molar-refractivity contribution in [2.24, 2.45) is 0 Å². The first-order valence-corrected chi connectivity index (χ1v) is 10.5. The molecule has 4 rings (SSSR count). The van der Waals surface area contributed by atoms with Crippen LogP contribution in [0.5, 0.6) is 5.75 Å². The lowest BCUT2D eigenvalue weighted by molar-refractivity contribution is 0.0643. The van der Waals surface area contributed by atoms with Gasteiger partial charge in [-0.3, -0.25) is 4.90 Å². The van der Waals surface area contributed by atoms with Gasteiger partial charge in [0.1, 0.15) is 23.1 Å². The summed E-state index contributed by atoms with van der Waals surface area (Å²) in [6.45, 7) is 6.68. The molecule has 0 amide bonds. The number of hydrogen-bond donors (Lipinski definition) is 2. The van der Waals surface area contributed by atoms with E-state index in [1.54, 1.807) is 37.3 Å². The van der Waals surface area contributed by atoms with Gasteiger partial charge < -0.3 is 10.1 Å². The summed E-state index contributed by atoms with van der Waals surface area (Å²) in [4.78, 5) is 5.13. The van der Waals surface area contributed by atoms with Crippen LogP contribution >= 0.6 is 0 Å². The lowest BCUT2D eigenvalue weighted by Crippen LogP contribution is -2.48. The Morgan fingerprint density at radius 3 is 2.48 bits per heavy atom. The van der Waals surface area contributed by atoms with E-state index in [2.05, 4.69) is 4.98 Å². The second kappa shape index (κ2) is 7.75. The van der Waals surface area contributed by atoms with Crippen molar-refractivity contribution in [3.63, 3.8) is 0 Å². The van der Waals surface area contributed by atoms with E-state index in [4.69, 9.17) is 0 Å². The first-order valence-electron chi connectivity index (χ1n) is 10.5. The van der Waals surface area contributed by atoms with Gasteiger partial charge in [-0.1, -0.05) is 12.2 Å². The van der Waals surface area contributed by atoms with Crippen LogP contribution < -0.4 is 0 Å². The maximum absolute atomic E-state index is 15.3. The number of aromatic nitrogens is 1. The number of rotatable bonds is 4. The first kappa shape index (κ1) is 21.5. The molecule has 3 aromatic rings. The number of allylic oxidation sites excluding steroid dienone is 1. The van der Waals surface area contributed by atoms with Gasteiger partial charge in [-0.15, -0.1) is 0 Å². The average molecular weight is 428 g/mol. The summed E-state index contributed by atoms with van der Waals surface area (Å²) in [5, 5.41) is 10.8. The second-order valence-electron chi connectivity index (χ2n) is 8.99. The standard InChI is InChI=1S/C25H27F3N2O/c1-5-6-15-10-19(26)22(20(27)11-15)24-23-18(9-14(2)30(24)13-25(3,4)28)17-12-16(31)7-8-21(17)29-23/h5-8,10-12,14,24,29,31H,9,13H2,1-4H3/b6-5+/t14-,24-/m1/s1. The average Bonchev–Trinajstić information content (AvgIpc) is 3.00. The number of alkyl halides is 1. The van der Waals surface area contributed by atoms with Crippen LogP contribution in [0.3, 0.4) is 0 Å². The number of aromatic hydroxyl groups is 1. The highest BCUT2D eigenvalue weighted by Crippen LogP contribution is 2.43. The number of H-pyrrole nitrogens is 1. The zero-order valence-corrected chi connectivity index (χ0v) is 18.1. The predicted octanol–water partition coefficient (Wildman–Crippen LogP) is 6.27. The molecule has 1 aromatic heterocycles. The summed E-state index contributed by atoms with van der Waals surface area (Å²) < 4.78 is 45.4.